The molecule has 142 valence electrons. The van der Waals surface area contributed by atoms with Crippen molar-refractivity contribution in [2.75, 3.05) is 26.7 Å². The number of benzene rings is 1. The van der Waals surface area contributed by atoms with E-state index in [2.05, 4.69) is 41.0 Å². The van der Waals surface area contributed by atoms with Gasteiger partial charge < -0.3 is 9.64 Å². The van der Waals surface area contributed by atoms with Crippen LogP contribution in [0.2, 0.25) is 0 Å². The maximum atomic E-state index is 13.4. The Balaban J connectivity index is 1.52. The largest absolute Gasteiger partial charge is 0.497 e. The third-order valence-electron chi connectivity index (χ3n) is 6.73. The van der Waals surface area contributed by atoms with Gasteiger partial charge in [-0.25, -0.2) is 0 Å². The van der Waals surface area contributed by atoms with Crippen molar-refractivity contribution < 1.29 is 9.53 Å². The van der Waals surface area contributed by atoms with Crippen molar-refractivity contribution >= 4 is 17.2 Å². The topological polar surface area (TPSA) is 32.8 Å². The van der Waals surface area contributed by atoms with Crippen molar-refractivity contribution in [3.8, 4) is 5.75 Å². The Hall–Kier alpha value is -1.85. The van der Waals surface area contributed by atoms with Gasteiger partial charge in [0.15, 0.2) is 0 Å². The lowest BCUT2D eigenvalue weighted by Crippen LogP contribution is -2.60. The third kappa shape index (κ3) is 2.79. The molecule has 4 aliphatic rings. The number of thiophene rings is 1. The number of piperidine rings is 3. The molecule has 0 aliphatic carbocycles. The molecule has 1 amide bonds. The monoisotopic (exact) mass is 382 g/mol. The zero-order valence-electron chi connectivity index (χ0n) is 15.9. The Morgan fingerprint density at radius 1 is 1.15 bits per heavy atom. The summed E-state index contributed by atoms with van der Waals surface area (Å²) in [5.41, 5.74) is 1.30. The fourth-order valence-electron chi connectivity index (χ4n) is 5.51. The number of carbonyl (C=O) groups excluding carboxylic acids is 1. The molecule has 4 nitrogen and oxygen atoms in total. The molecule has 6 rings (SSSR count). The molecule has 0 saturated carbocycles. The highest BCUT2D eigenvalue weighted by Crippen LogP contribution is 2.47. The van der Waals surface area contributed by atoms with E-state index in [9.17, 15) is 4.79 Å². The van der Waals surface area contributed by atoms with Crippen LogP contribution in [0.3, 0.4) is 0 Å². The van der Waals surface area contributed by atoms with Gasteiger partial charge in [-0.3, -0.25) is 9.69 Å². The molecule has 2 aromatic rings. The molecule has 2 bridgehead atoms. The number of ether oxygens (including phenoxy) is 1. The van der Waals surface area contributed by atoms with Crippen LogP contribution in [0.25, 0.3) is 0 Å². The van der Waals surface area contributed by atoms with Crippen molar-refractivity contribution in [1.29, 1.82) is 0 Å². The number of methoxy groups -OCH3 is 1. The van der Waals surface area contributed by atoms with E-state index < -0.39 is 0 Å². The molecule has 0 spiro atoms. The smallest absolute Gasteiger partial charge is 0.264 e. The van der Waals surface area contributed by atoms with Crippen LogP contribution in [0.15, 0.2) is 36.4 Å². The summed E-state index contributed by atoms with van der Waals surface area (Å²) in [7, 11) is 1.72. The van der Waals surface area contributed by atoms with Crippen LogP contribution in [0, 0.1) is 12.8 Å². The van der Waals surface area contributed by atoms with E-state index in [0.717, 1.165) is 17.2 Å². The molecular formula is C22H26N2O2S. The second-order valence-electron chi connectivity index (χ2n) is 8.11. The maximum absolute atomic E-state index is 13.4. The highest BCUT2D eigenvalue weighted by molar-refractivity contribution is 7.13. The Labute approximate surface area is 164 Å². The van der Waals surface area contributed by atoms with E-state index in [4.69, 9.17) is 4.74 Å². The van der Waals surface area contributed by atoms with Crippen LogP contribution in [-0.2, 0) is 0 Å². The average molecular weight is 383 g/mol. The number of rotatable bonds is 3. The molecule has 0 N–H and O–H groups in total. The first kappa shape index (κ1) is 17.3. The van der Waals surface area contributed by atoms with Gasteiger partial charge in [0.25, 0.3) is 5.91 Å². The molecule has 0 radical (unpaired) electrons. The van der Waals surface area contributed by atoms with Crippen molar-refractivity contribution in [2.24, 2.45) is 5.92 Å². The number of likely N-dealkylation sites (tertiary alicyclic amines) is 1. The van der Waals surface area contributed by atoms with Crippen molar-refractivity contribution in [3.63, 3.8) is 0 Å². The number of nitrogens with zero attached hydrogens (tertiary/aromatic N) is 2. The normalized spacial score (nSPS) is 31.8. The SMILES string of the molecule is COc1cccc([C@H]2CN(C(=O)c3ccc(C)s3)[C@@H]3C4CCN(CC4)[C@H]23)c1. The minimum atomic E-state index is 0.224. The maximum Gasteiger partial charge on any atom is 0.264 e. The van der Waals surface area contributed by atoms with Crippen LogP contribution in [0.5, 0.6) is 5.75 Å². The fourth-order valence-corrected chi connectivity index (χ4v) is 6.33. The van der Waals surface area contributed by atoms with Crippen molar-refractivity contribution in [1.82, 2.24) is 9.80 Å². The van der Waals surface area contributed by atoms with Crippen molar-refractivity contribution in [2.45, 2.75) is 37.8 Å². The summed E-state index contributed by atoms with van der Waals surface area (Å²) in [6.45, 7) is 5.23. The first-order chi connectivity index (χ1) is 13.2. The summed E-state index contributed by atoms with van der Waals surface area (Å²) in [6, 6.07) is 13.3. The molecule has 1 aromatic heterocycles. The standard InChI is InChI=1S/C22H26N2O2S/c1-14-6-7-19(27-14)22(25)24-13-18(16-4-3-5-17(12-16)26-2)21-20(24)15-8-10-23(21)11-9-15/h3-7,12,15,18,20-21H,8-11,13H2,1-2H3/t18-,20-,21-/m1/s1. The predicted molar refractivity (Wildman–Crippen MR) is 108 cm³/mol. The van der Waals surface area contributed by atoms with Crippen LogP contribution in [0.1, 0.15) is 38.9 Å². The molecule has 4 fully saturated rings. The van der Waals surface area contributed by atoms with Gasteiger partial charge >= 0.3 is 0 Å². The lowest BCUT2D eigenvalue weighted by molar-refractivity contribution is -0.00326. The number of amides is 1. The first-order valence-electron chi connectivity index (χ1n) is 9.91. The lowest BCUT2D eigenvalue weighted by Gasteiger charge is -2.51. The van der Waals surface area contributed by atoms with E-state index in [0.29, 0.717) is 23.9 Å². The molecule has 4 saturated heterocycles. The summed E-state index contributed by atoms with van der Waals surface area (Å²) >= 11 is 1.62. The molecule has 27 heavy (non-hydrogen) atoms. The average Bonchev–Trinajstić information content (AvgIpc) is 3.34. The molecule has 5 heteroatoms. The molecule has 4 aliphatic heterocycles. The van der Waals surface area contributed by atoms with E-state index in [1.807, 2.05) is 12.1 Å². The van der Waals surface area contributed by atoms with Gasteiger partial charge in [0, 0.05) is 23.4 Å². The minimum absolute atomic E-state index is 0.224. The fraction of sp³-hybridized carbons (Fsp3) is 0.500. The zero-order chi connectivity index (χ0) is 18.5. The molecule has 0 unspecified atom stereocenters. The summed E-state index contributed by atoms with van der Waals surface area (Å²) in [4.78, 5) is 20.3. The highest BCUT2D eigenvalue weighted by atomic mass is 32.1. The molecule has 1 aromatic carbocycles. The van der Waals surface area contributed by atoms with Gasteiger partial charge in [-0.15, -0.1) is 11.3 Å². The molecule has 3 atom stereocenters. The van der Waals surface area contributed by atoms with Gasteiger partial charge in [0.1, 0.15) is 5.75 Å². The van der Waals surface area contributed by atoms with Crippen LogP contribution in [0.4, 0.5) is 0 Å². The quantitative estimate of drug-likeness (QED) is 0.810. The van der Waals surface area contributed by atoms with E-state index in [1.165, 1.54) is 36.4 Å². The number of hydrogen-bond donors (Lipinski definition) is 0. The lowest BCUT2D eigenvalue weighted by atomic mass is 9.75. The summed E-state index contributed by atoms with van der Waals surface area (Å²) < 4.78 is 5.47. The molecular weight excluding hydrogens is 356 g/mol. The second-order valence-corrected chi connectivity index (χ2v) is 9.39. The highest BCUT2D eigenvalue weighted by Gasteiger charge is 2.54. The van der Waals surface area contributed by atoms with Crippen LogP contribution >= 0.6 is 11.3 Å². The van der Waals surface area contributed by atoms with Crippen molar-refractivity contribution in [3.05, 3.63) is 51.7 Å². The summed E-state index contributed by atoms with van der Waals surface area (Å²) in [5, 5.41) is 0. The van der Waals surface area contributed by atoms with Gasteiger partial charge in [-0.1, -0.05) is 12.1 Å². The zero-order valence-corrected chi connectivity index (χ0v) is 16.7. The minimum Gasteiger partial charge on any atom is -0.497 e. The first-order valence-corrected chi connectivity index (χ1v) is 10.7. The van der Waals surface area contributed by atoms with Gasteiger partial charge in [0.2, 0.25) is 0 Å². The van der Waals surface area contributed by atoms with Crippen LogP contribution < -0.4 is 4.74 Å². The molecule has 5 heterocycles. The third-order valence-corrected chi connectivity index (χ3v) is 7.72. The Morgan fingerprint density at radius 3 is 2.67 bits per heavy atom. The number of carbonyl (C=O) groups is 1. The number of aryl methyl sites for hydroxylation is 1. The number of hydrogen-bond acceptors (Lipinski definition) is 4. The van der Waals surface area contributed by atoms with E-state index >= 15 is 0 Å². The summed E-state index contributed by atoms with van der Waals surface area (Å²) in [6.07, 6.45) is 2.44. The predicted octanol–water partition coefficient (Wildman–Crippen LogP) is 3.77. The van der Waals surface area contributed by atoms with Gasteiger partial charge in [-0.2, -0.15) is 0 Å². The van der Waals surface area contributed by atoms with E-state index in [-0.39, 0.29) is 5.91 Å². The number of fused-ring (bicyclic) bond motifs is 2. The van der Waals surface area contributed by atoms with Crippen LogP contribution in [-0.4, -0.2) is 54.5 Å². The Morgan fingerprint density at radius 2 is 1.96 bits per heavy atom. The Kier molecular flexibility index (Phi) is 4.25. The summed E-state index contributed by atoms with van der Waals surface area (Å²) in [5.74, 6) is 2.12. The Bertz CT molecular complexity index is 856. The van der Waals surface area contributed by atoms with E-state index in [1.54, 1.807) is 18.4 Å². The van der Waals surface area contributed by atoms with Gasteiger partial charge in [0.05, 0.1) is 18.0 Å². The second kappa shape index (κ2) is 6.64. The van der Waals surface area contributed by atoms with Gasteiger partial charge in [-0.05, 0) is 68.6 Å².